The van der Waals surface area contributed by atoms with Crippen LogP contribution in [0.3, 0.4) is 0 Å². The van der Waals surface area contributed by atoms with Gasteiger partial charge < -0.3 is 29.3 Å². The van der Waals surface area contributed by atoms with E-state index in [1.54, 1.807) is 67.9 Å². The fourth-order valence-electron chi connectivity index (χ4n) is 9.35. The number of pyridine rings is 1. The predicted molar refractivity (Wildman–Crippen MR) is 234 cm³/mol. The van der Waals surface area contributed by atoms with Gasteiger partial charge in [-0.15, -0.1) is 6.58 Å². The molecule has 2 heterocycles. The van der Waals surface area contributed by atoms with Crippen LogP contribution in [-0.2, 0) is 19.6 Å². The van der Waals surface area contributed by atoms with Crippen LogP contribution in [-0.4, -0.2) is 84.2 Å². The highest BCUT2D eigenvalue weighted by Crippen LogP contribution is 2.62. The minimum absolute atomic E-state index is 0.0120. The largest absolute Gasteiger partial charge is 0.460 e. The van der Waals surface area contributed by atoms with E-state index in [0.717, 1.165) is 43.1 Å². The van der Waals surface area contributed by atoms with Crippen LogP contribution in [0.4, 0.5) is 0 Å². The van der Waals surface area contributed by atoms with Crippen molar-refractivity contribution in [3.63, 3.8) is 0 Å². The first kappa shape index (κ1) is 44.1. The van der Waals surface area contributed by atoms with Crippen molar-refractivity contribution in [3.05, 3.63) is 114 Å². The lowest BCUT2D eigenvalue weighted by atomic mass is 9.55. The number of aliphatic hydroxyl groups is 2. The molecule has 324 valence electrons. The maximum atomic E-state index is 15.1. The first-order valence-electron chi connectivity index (χ1n) is 21.2. The number of para-hydroxylation sites is 1. The summed E-state index contributed by atoms with van der Waals surface area (Å²) in [5.41, 5.74) is 2.49. The molecule has 0 spiro atoms. The molecule has 2 N–H and O–H groups in total. The summed E-state index contributed by atoms with van der Waals surface area (Å²) < 4.78 is 52.3. The number of benzene rings is 3. The van der Waals surface area contributed by atoms with Gasteiger partial charge in [0.2, 0.25) is 15.8 Å². The summed E-state index contributed by atoms with van der Waals surface area (Å²) in [7, 11) is -2.71. The maximum Gasteiger partial charge on any atom is 0.245 e. The number of rotatable bonds is 18. The third-order valence-corrected chi connectivity index (χ3v) is 13.9. The number of ether oxygens (including phenoxy) is 3. The van der Waals surface area contributed by atoms with Crippen molar-refractivity contribution in [1.82, 2.24) is 9.29 Å². The summed E-state index contributed by atoms with van der Waals surface area (Å²) in [6.07, 6.45) is 10.7. The van der Waals surface area contributed by atoms with E-state index < -0.39 is 33.4 Å². The molecule has 0 bridgehead atoms. The maximum absolute atomic E-state index is 15.1. The van der Waals surface area contributed by atoms with E-state index in [9.17, 15) is 15.0 Å². The zero-order chi connectivity index (χ0) is 43.4. The van der Waals surface area contributed by atoms with Gasteiger partial charge in [-0.25, -0.2) is 8.42 Å². The van der Waals surface area contributed by atoms with Crippen molar-refractivity contribution in [2.45, 2.75) is 94.0 Å². The number of nitrogens with zero attached hydrogens (tertiary/aromatic N) is 3. The molecule has 1 aliphatic heterocycles. The number of fused-ring (bicyclic) bond motifs is 3. The number of aldehydes is 1. The first-order valence-corrected chi connectivity index (χ1v) is 22.6. The second-order valence-electron chi connectivity index (χ2n) is 17.1. The summed E-state index contributed by atoms with van der Waals surface area (Å²) >= 11 is 0. The highest BCUT2D eigenvalue weighted by Gasteiger charge is 2.66. The van der Waals surface area contributed by atoms with Crippen LogP contribution in [0.15, 0.2) is 113 Å². The van der Waals surface area contributed by atoms with Crippen molar-refractivity contribution in [2.24, 2.45) is 22.9 Å². The van der Waals surface area contributed by atoms with Crippen LogP contribution < -0.4 is 9.47 Å². The number of carbonyl (C=O) groups is 1. The second-order valence-corrected chi connectivity index (χ2v) is 19.1. The highest BCUT2D eigenvalue weighted by atomic mass is 32.2. The summed E-state index contributed by atoms with van der Waals surface area (Å²) in [6, 6.07) is 20.3. The van der Waals surface area contributed by atoms with Crippen molar-refractivity contribution in [3.8, 4) is 17.2 Å². The topological polar surface area (TPSA) is 157 Å². The van der Waals surface area contributed by atoms with Crippen LogP contribution in [0.1, 0.15) is 87.6 Å². The van der Waals surface area contributed by atoms with Gasteiger partial charge in [0.05, 0.1) is 29.8 Å². The fourth-order valence-corrected chi connectivity index (χ4v) is 10.9. The number of aliphatic hydroxyl groups excluding tert-OH is 2. The van der Waals surface area contributed by atoms with Gasteiger partial charge in [-0.05, 0) is 106 Å². The molecule has 2 aliphatic carbocycles. The van der Waals surface area contributed by atoms with Gasteiger partial charge >= 0.3 is 0 Å². The number of sulfonamides is 1. The average Bonchev–Trinajstić information content (AvgIpc) is 3.25. The third-order valence-electron chi connectivity index (χ3n) is 12.0. The fraction of sp³-hybridized carbons (Fsp3) is 0.438. The Labute approximate surface area is 358 Å². The molecule has 1 aromatic heterocycles. The number of oxime groups is 1. The Morgan fingerprint density at radius 2 is 1.72 bits per heavy atom. The van der Waals surface area contributed by atoms with Gasteiger partial charge in [-0.1, -0.05) is 60.5 Å². The average molecular weight is 852 g/mol. The van der Waals surface area contributed by atoms with E-state index in [1.165, 1.54) is 4.31 Å². The molecule has 12 nitrogen and oxygen atoms in total. The Kier molecular flexibility index (Phi) is 13.5. The lowest BCUT2D eigenvalue weighted by molar-refractivity contribution is -0.250. The molecule has 13 heteroatoms. The lowest BCUT2D eigenvalue weighted by Crippen LogP contribution is -2.69. The molecule has 0 saturated heterocycles. The monoisotopic (exact) mass is 851 g/mol. The molecular weight excluding hydrogens is 795 g/mol. The molecule has 1 fully saturated rings. The van der Waals surface area contributed by atoms with Crippen molar-refractivity contribution < 1.29 is 42.5 Å². The molecule has 1 saturated carbocycles. The molecule has 3 aromatic carbocycles. The molecule has 7 rings (SSSR count). The standard InChI is InChI=1S/C48H57N3O9S/c1-6-26-57-48-43(51(5)61(55,56)42-20-12-16-33-17-13-23-49-46(33)42)30-40(50-60-47(2,3)4)38-28-34(15-7-9-24-52)37(19-8-10-25-53)44(45(38)48)39-29-36(21-22-41(39)59-48)58-35-18-11-14-32(27-35)31-54/h6,11-14,16-18,20-23,27-29,31,34,37,43-45,52-53H,1,7-10,15,19,24-26,30H2,2-5H3. The van der Waals surface area contributed by atoms with E-state index in [2.05, 4.69) is 17.6 Å². The summed E-state index contributed by atoms with van der Waals surface area (Å²) in [5.74, 6) is -0.988. The second kappa shape index (κ2) is 18.6. The number of allylic oxidation sites excluding steroid dienone is 1. The minimum Gasteiger partial charge on any atom is -0.460 e. The molecule has 6 unspecified atom stereocenters. The van der Waals surface area contributed by atoms with E-state index >= 15 is 8.42 Å². The Morgan fingerprint density at radius 3 is 2.46 bits per heavy atom. The SMILES string of the molecule is C=CCOC12Oc3ccc(Oc4cccc(C=O)c4)cc3C3C(CCCCO)C(CCCCO)C=C(C(=NOC(C)(C)C)CC1N(C)S(=O)(=O)c1cccc4cccnc14)C32. The number of likely N-dealkylation sites (N-methyl/N-ethyl adjacent to an activating group) is 1. The normalized spacial score (nSPS) is 24.1. The van der Waals surface area contributed by atoms with Gasteiger partial charge in [0.15, 0.2) is 0 Å². The molecule has 0 radical (unpaired) electrons. The van der Waals surface area contributed by atoms with E-state index in [4.69, 9.17) is 24.2 Å². The van der Waals surface area contributed by atoms with Crippen LogP contribution >= 0.6 is 0 Å². The van der Waals surface area contributed by atoms with Gasteiger partial charge in [-0.2, -0.15) is 4.31 Å². The van der Waals surface area contributed by atoms with Gasteiger partial charge in [-0.3, -0.25) is 9.78 Å². The van der Waals surface area contributed by atoms with E-state index in [0.29, 0.717) is 52.3 Å². The number of carbonyl (C=O) groups excluding carboxylic acids is 1. The first-order chi connectivity index (χ1) is 29.3. The summed E-state index contributed by atoms with van der Waals surface area (Å²) in [5, 5.41) is 25.4. The number of aromatic nitrogens is 1. The van der Waals surface area contributed by atoms with Crippen LogP contribution in [0.5, 0.6) is 17.2 Å². The summed E-state index contributed by atoms with van der Waals surface area (Å²) in [6.45, 7) is 9.92. The van der Waals surface area contributed by atoms with Crippen molar-refractivity contribution in [1.29, 1.82) is 0 Å². The van der Waals surface area contributed by atoms with Gasteiger partial charge in [0.25, 0.3) is 0 Å². The Balaban J connectivity index is 1.47. The lowest BCUT2D eigenvalue weighted by Gasteiger charge is -2.59. The summed E-state index contributed by atoms with van der Waals surface area (Å²) in [4.78, 5) is 22.4. The van der Waals surface area contributed by atoms with Crippen LogP contribution in [0.25, 0.3) is 10.9 Å². The smallest absolute Gasteiger partial charge is 0.245 e. The molecular formula is C48H57N3O9S. The number of hydrogen-bond donors (Lipinski definition) is 2. The molecule has 0 amide bonds. The Bertz CT molecular complexity index is 2390. The zero-order valence-corrected chi connectivity index (χ0v) is 36.2. The number of hydrogen-bond acceptors (Lipinski definition) is 11. The van der Waals surface area contributed by atoms with E-state index in [1.807, 2.05) is 45.0 Å². The van der Waals surface area contributed by atoms with Crippen molar-refractivity contribution >= 4 is 32.9 Å². The molecule has 4 aromatic rings. The molecule has 61 heavy (non-hydrogen) atoms. The predicted octanol–water partition coefficient (Wildman–Crippen LogP) is 8.59. The molecule has 6 atom stereocenters. The Hall–Kier alpha value is -4.92. The zero-order valence-electron chi connectivity index (χ0n) is 35.4. The van der Waals surface area contributed by atoms with Gasteiger partial charge in [0, 0.05) is 55.3 Å². The Morgan fingerprint density at radius 1 is 0.984 bits per heavy atom. The van der Waals surface area contributed by atoms with Crippen molar-refractivity contribution in [2.75, 3.05) is 26.9 Å². The van der Waals surface area contributed by atoms with Crippen LogP contribution in [0.2, 0.25) is 0 Å². The highest BCUT2D eigenvalue weighted by molar-refractivity contribution is 7.89. The third kappa shape index (κ3) is 9.03. The minimum atomic E-state index is -4.28. The van der Waals surface area contributed by atoms with Gasteiger partial charge in [0.1, 0.15) is 34.0 Å². The number of unbranched alkanes of at least 4 members (excludes halogenated alkanes) is 2. The molecule has 3 aliphatic rings. The van der Waals surface area contributed by atoms with Crippen LogP contribution in [0, 0.1) is 17.8 Å². The van der Waals surface area contributed by atoms with E-state index in [-0.39, 0.29) is 48.9 Å². The quantitative estimate of drug-likeness (QED) is 0.0430.